The lowest BCUT2D eigenvalue weighted by molar-refractivity contribution is -0.147. The fraction of sp³-hybridized carbons (Fsp3) is 0.360. The summed E-state index contributed by atoms with van der Waals surface area (Å²) in [5.74, 6) is 0. The van der Waals surface area contributed by atoms with Crippen LogP contribution in [0.4, 0.5) is 21.0 Å². The molecule has 2 atom stereocenters. The molecule has 0 aliphatic carbocycles. The van der Waals surface area contributed by atoms with E-state index in [1.807, 2.05) is 152 Å². The first kappa shape index (κ1) is 46.5. The van der Waals surface area contributed by atoms with E-state index < -0.39 is 23.8 Å². The summed E-state index contributed by atoms with van der Waals surface area (Å²) in [5, 5.41) is 20.7. The molecule has 0 bridgehead atoms. The largest absolute Gasteiger partial charge is 0.443 e. The normalized spacial score (nSPS) is 15.3. The van der Waals surface area contributed by atoms with Gasteiger partial charge in [0.25, 0.3) is 0 Å². The van der Waals surface area contributed by atoms with Crippen molar-refractivity contribution in [2.75, 3.05) is 22.9 Å². The van der Waals surface area contributed by atoms with E-state index in [1.54, 1.807) is 15.9 Å². The summed E-state index contributed by atoms with van der Waals surface area (Å²) in [6.45, 7) is 17.2. The first-order valence-electron chi connectivity index (χ1n) is 21.2. The smallest absolute Gasteiger partial charge is 0.414 e. The molecule has 4 heterocycles. The summed E-state index contributed by atoms with van der Waals surface area (Å²) in [6.07, 6.45) is -2.09. The highest BCUT2D eigenvalue weighted by molar-refractivity contribution is 5.88. The van der Waals surface area contributed by atoms with Gasteiger partial charge in [0.15, 0.2) is 6.29 Å². The van der Waals surface area contributed by atoms with Crippen LogP contribution in [0.2, 0.25) is 0 Å². The third-order valence-electron chi connectivity index (χ3n) is 9.81. The number of fused-ring (bicyclic) bond motifs is 4. The van der Waals surface area contributed by atoms with Gasteiger partial charge in [0.2, 0.25) is 6.29 Å². The van der Waals surface area contributed by atoms with E-state index in [4.69, 9.17) is 33.8 Å². The average molecular weight is 859 g/mol. The third kappa shape index (κ3) is 12.4. The highest BCUT2D eigenvalue weighted by Crippen LogP contribution is 2.34. The topological polar surface area (TPSA) is 153 Å². The van der Waals surface area contributed by atoms with Crippen LogP contribution in [0.5, 0.6) is 0 Å². The van der Waals surface area contributed by atoms with Gasteiger partial charge in [0.1, 0.15) is 22.6 Å². The van der Waals surface area contributed by atoms with Gasteiger partial charge in [-0.25, -0.2) is 19.6 Å². The van der Waals surface area contributed by atoms with E-state index in [0.717, 1.165) is 61.1 Å². The Kier molecular flexibility index (Phi) is 15.1. The van der Waals surface area contributed by atoms with E-state index in [9.17, 15) is 14.7 Å². The molecule has 2 aromatic heterocycles. The Morgan fingerprint density at radius 1 is 0.651 bits per heavy atom. The molecule has 0 spiro atoms. The highest BCUT2D eigenvalue weighted by Gasteiger charge is 2.28. The molecule has 63 heavy (non-hydrogen) atoms. The third-order valence-corrected chi connectivity index (χ3v) is 9.81. The Bertz CT molecular complexity index is 2520. The van der Waals surface area contributed by atoms with Gasteiger partial charge in [-0.05, 0) is 115 Å². The molecular formula is C50H58N4O9. The molecule has 0 saturated heterocycles. The number of nitrogens with zero attached hydrogens (tertiary/aromatic N) is 4. The number of ether oxygens (including phenoxy) is 5. The number of aliphatic hydroxyl groups is 2. The molecule has 4 aromatic carbocycles. The zero-order chi connectivity index (χ0) is 45.3. The lowest BCUT2D eigenvalue weighted by Crippen LogP contribution is -2.36. The first-order valence-corrected chi connectivity index (χ1v) is 21.2. The SMILES string of the molecule is CCN(C(=O)OC(C)(C)C)c1cccc(CO)c1.CCN(C(=O)OC(C)(C)C)c1cccc(COC2OCc3cc4ccccc4nc32)c1.OC1OCc2cc3ccccc3nc21. The molecule has 8 rings (SSSR count). The van der Waals surface area contributed by atoms with Crippen molar-refractivity contribution in [3.63, 3.8) is 0 Å². The second-order valence-corrected chi connectivity index (χ2v) is 17.0. The molecule has 2 N–H and O–H groups in total. The molecule has 2 aliphatic rings. The Hall–Kier alpha value is -5.96. The lowest BCUT2D eigenvalue weighted by Gasteiger charge is -2.27. The summed E-state index contributed by atoms with van der Waals surface area (Å²) < 4.78 is 27.9. The number of hydrogen-bond acceptors (Lipinski definition) is 11. The van der Waals surface area contributed by atoms with Crippen LogP contribution < -0.4 is 9.80 Å². The fourth-order valence-electron chi connectivity index (χ4n) is 6.89. The molecule has 332 valence electrons. The van der Waals surface area contributed by atoms with Gasteiger partial charge in [-0.3, -0.25) is 9.80 Å². The highest BCUT2D eigenvalue weighted by atomic mass is 16.7. The monoisotopic (exact) mass is 858 g/mol. The van der Waals surface area contributed by atoms with E-state index in [-0.39, 0.29) is 18.8 Å². The number of anilines is 2. The van der Waals surface area contributed by atoms with Crippen molar-refractivity contribution in [2.45, 2.75) is 106 Å². The average Bonchev–Trinajstić information content (AvgIpc) is 3.82. The molecular weight excluding hydrogens is 801 g/mol. The van der Waals surface area contributed by atoms with Crippen LogP contribution in [-0.4, -0.2) is 56.7 Å². The second kappa shape index (κ2) is 20.5. The molecule has 0 saturated carbocycles. The zero-order valence-electron chi connectivity index (χ0n) is 37.3. The summed E-state index contributed by atoms with van der Waals surface area (Å²) in [7, 11) is 0. The maximum atomic E-state index is 12.6. The van der Waals surface area contributed by atoms with Crippen molar-refractivity contribution < 1.29 is 43.5 Å². The van der Waals surface area contributed by atoms with Gasteiger partial charge in [0, 0.05) is 46.4 Å². The fourth-order valence-corrected chi connectivity index (χ4v) is 6.89. The number of carbonyl (C=O) groups excluding carboxylic acids is 2. The van der Waals surface area contributed by atoms with Crippen molar-refractivity contribution >= 4 is 45.4 Å². The summed E-state index contributed by atoms with van der Waals surface area (Å²) in [4.78, 5) is 36.9. The van der Waals surface area contributed by atoms with Gasteiger partial charge >= 0.3 is 12.2 Å². The predicted octanol–water partition coefficient (Wildman–Crippen LogP) is 10.4. The molecule has 6 aromatic rings. The zero-order valence-corrected chi connectivity index (χ0v) is 37.3. The minimum absolute atomic E-state index is 0.0420. The number of aromatic nitrogens is 2. The van der Waals surface area contributed by atoms with Crippen LogP contribution in [-0.2, 0) is 50.1 Å². The molecule has 2 aliphatic heterocycles. The Morgan fingerprint density at radius 2 is 1.13 bits per heavy atom. The number of carbonyl (C=O) groups is 2. The lowest BCUT2D eigenvalue weighted by atomic mass is 10.1. The minimum atomic E-state index is -0.852. The maximum absolute atomic E-state index is 12.6. The van der Waals surface area contributed by atoms with E-state index in [1.165, 1.54) is 0 Å². The van der Waals surface area contributed by atoms with Gasteiger partial charge < -0.3 is 33.9 Å². The van der Waals surface area contributed by atoms with Crippen LogP contribution in [0.1, 0.15) is 102 Å². The minimum Gasteiger partial charge on any atom is -0.443 e. The second-order valence-electron chi connectivity index (χ2n) is 17.0. The number of amides is 2. The quantitative estimate of drug-likeness (QED) is 0.150. The molecule has 0 radical (unpaired) electrons. The van der Waals surface area contributed by atoms with Gasteiger partial charge in [-0.2, -0.15) is 0 Å². The standard InChI is InChI=1S/C25H28N2O4.C14H21NO3.C11H9NO2/c1-5-27(24(28)31-25(2,3)4)20-11-8-9-17(13-20)15-29-23-22-19(16-30-23)14-18-10-6-7-12-21(18)26-22;1-5-15(13(17)18-14(2,3)4)12-8-6-7-11(9-12)10-16;13-11-10-8(6-14-11)5-7-3-1-2-4-9(7)12-10/h6-14,23H,5,15-16H2,1-4H3;6-9,16H,5,10H2,1-4H3;1-5,11,13H,6H2. The van der Waals surface area contributed by atoms with Crippen molar-refractivity contribution in [2.24, 2.45) is 0 Å². The first-order chi connectivity index (χ1) is 30.0. The summed E-state index contributed by atoms with van der Waals surface area (Å²) in [6, 6.07) is 35.0. The van der Waals surface area contributed by atoms with Crippen LogP contribution in [0.3, 0.4) is 0 Å². The molecule has 13 nitrogen and oxygen atoms in total. The number of rotatable bonds is 8. The van der Waals surface area contributed by atoms with Crippen LogP contribution >= 0.6 is 0 Å². The van der Waals surface area contributed by atoms with Crippen molar-refractivity contribution in [3.05, 3.63) is 143 Å². The van der Waals surface area contributed by atoms with E-state index in [0.29, 0.717) is 38.6 Å². The van der Waals surface area contributed by atoms with Crippen LogP contribution in [0.25, 0.3) is 21.8 Å². The molecule has 0 fully saturated rings. The van der Waals surface area contributed by atoms with Crippen LogP contribution in [0, 0.1) is 0 Å². The van der Waals surface area contributed by atoms with Crippen molar-refractivity contribution in [1.29, 1.82) is 0 Å². The summed E-state index contributed by atoms with van der Waals surface area (Å²) >= 11 is 0. The number of hydrogen-bond donors (Lipinski definition) is 2. The predicted molar refractivity (Wildman–Crippen MR) is 243 cm³/mol. The van der Waals surface area contributed by atoms with E-state index >= 15 is 0 Å². The number of pyridine rings is 2. The maximum Gasteiger partial charge on any atom is 0.414 e. The Morgan fingerprint density at radius 3 is 1.65 bits per heavy atom. The molecule has 2 unspecified atom stereocenters. The Labute approximate surface area is 369 Å². The van der Waals surface area contributed by atoms with Crippen LogP contribution in [0.15, 0.2) is 109 Å². The molecule has 2 amide bonds. The van der Waals surface area contributed by atoms with Gasteiger partial charge in [0.05, 0.1) is 37.5 Å². The Balaban J connectivity index is 0.000000174. The van der Waals surface area contributed by atoms with Gasteiger partial charge in [-0.15, -0.1) is 0 Å². The number of aliphatic hydroxyl groups excluding tert-OH is 2. The number of para-hydroxylation sites is 2. The number of benzene rings is 4. The van der Waals surface area contributed by atoms with Crippen molar-refractivity contribution in [1.82, 2.24) is 9.97 Å². The molecule has 13 heteroatoms. The summed E-state index contributed by atoms with van der Waals surface area (Å²) in [5.41, 5.74) is 7.52. The van der Waals surface area contributed by atoms with Gasteiger partial charge in [-0.1, -0.05) is 60.7 Å². The van der Waals surface area contributed by atoms with Crippen molar-refractivity contribution in [3.8, 4) is 0 Å². The van der Waals surface area contributed by atoms with E-state index in [2.05, 4.69) is 11.1 Å².